The second kappa shape index (κ2) is 7.42. The van der Waals surface area contributed by atoms with Gasteiger partial charge in [0.15, 0.2) is 5.13 Å². The minimum atomic E-state index is -0.629. The number of amides is 3. The van der Waals surface area contributed by atoms with E-state index in [9.17, 15) is 14.4 Å². The molecular formula is C21H16ClN3O3S. The highest BCUT2D eigenvalue weighted by Gasteiger charge is 2.36. The first-order chi connectivity index (χ1) is 13.9. The van der Waals surface area contributed by atoms with Gasteiger partial charge in [-0.05, 0) is 30.7 Å². The highest BCUT2D eigenvalue weighted by molar-refractivity contribution is 7.14. The molecule has 1 atom stereocenters. The quantitative estimate of drug-likeness (QED) is 0.627. The SMILES string of the molecule is CC(C(=O)Nc1nc(-c2ccc(Cl)cc2)cs1)c1cccc2c1C(=O)N(C)C2=O. The molecule has 1 aromatic heterocycles. The van der Waals surface area contributed by atoms with Crippen LogP contribution in [-0.4, -0.2) is 34.7 Å². The zero-order chi connectivity index (χ0) is 20.7. The van der Waals surface area contributed by atoms with Crippen molar-refractivity contribution < 1.29 is 14.4 Å². The predicted octanol–water partition coefficient (Wildman–Crippen LogP) is 4.43. The van der Waals surface area contributed by atoms with Gasteiger partial charge >= 0.3 is 0 Å². The van der Waals surface area contributed by atoms with Gasteiger partial charge in [0.2, 0.25) is 5.91 Å². The van der Waals surface area contributed by atoms with Crippen LogP contribution in [0.4, 0.5) is 5.13 Å². The third-order valence-corrected chi connectivity index (χ3v) is 5.89. The molecule has 0 radical (unpaired) electrons. The van der Waals surface area contributed by atoms with Crippen LogP contribution in [-0.2, 0) is 4.79 Å². The number of carbonyl (C=O) groups is 3. The van der Waals surface area contributed by atoms with Gasteiger partial charge < -0.3 is 5.32 Å². The molecule has 1 unspecified atom stereocenters. The first-order valence-electron chi connectivity index (χ1n) is 8.84. The van der Waals surface area contributed by atoms with Crippen molar-refractivity contribution in [2.45, 2.75) is 12.8 Å². The van der Waals surface area contributed by atoms with Crippen LogP contribution in [0.5, 0.6) is 0 Å². The van der Waals surface area contributed by atoms with E-state index in [0.29, 0.717) is 26.8 Å². The largest absolute Gasteiger partial charge is 0.301 e. The van der Waals surface area contributed by atoms with Crippen LogP contribution in [0.3, 0.4) is 0 Å². The Kier molecular flexibility index (Phi) is 4.94. The Balaban J connectivity index is 1.56. The van der Waals surface area contributed by atoms with Crippen LogP contribution >= 0.6 is 22.9 Å². The summed E-state index contributed by atoms with van der Waals surface area (Å²) in [5, 5.41) is 5.75. The van der Waals surface area contributed by atoms with E-state index < -0.39 is 5.92 Å². The molecule has 0 bridgehead atoms. The molecule has 2 aromatic carbocycles. The summed E-state index contributed by atoms with van der Waals surface area (Å²) in [5.74, 6) is -1.67. The highest BCUT2D eigenvalue weighted by Crippen LogP contribution is 2.31. The molecule has 1 aliphatic heterocycles. The maximum atomic E-state index is 12.8. The highest BCUT2D eigenvalue weighted by atomic mass is 35.5. The molecule has 6 nitrogen and oxygen atoms in total. The summed E-state index contributed by atoms with van der Waals surface area (Å²) >= 11 is 7.22. The molecule has 2 heterocycles. The zero-order valence-electron chi connectivity index (χ0n) is 15.6. The molecule has 0 aliphatic carbocycles. The average molecular weight is 426 g/mol. The van der Waals surface area contributed by atoms with Gasteiger partial charge in [-0.15, -0.1) is 11.3 Å². The van der Waals surface area contributed by atoms with Crippen molar-refractivity contribution in [1.82, 2.24) is 9.88 Å². The summed E-state index contributed by atoms with van der Waals surface area (Å²) in [5.41, 5.74) is 2.78. The predicted molar refractivity (Wildman–Crippen MR) is 112 cm³/mol. The van der Waals surface area contributed by atoms with Gasteiger partial charge in [0.1, 0.15) is 0 Å². The van der Waals surface area contributed by atoms with Crippen molar-refractivity contribution in [3.8, 4) is 11.3 Å². The van der Waals surface area contributed by atoms with E-state index in [2.05, 4.69) is 10.3 Å². The average Bonchev–Trinajstić information content (AvgIpc) is 3.27. The Morgan fingerprint density at radius 3 is 2.59 bits per heavy atom. The standard InChI is InChI=1S/C21H16ClN3O3S/c1-11(14-4-3-5-15-17(14)20(28)25(2)19(15)27)18(26)24-21-23-16(10-29-21)12-6-8-13(22)9-7-12/h3-11H,1-2H3,(H,23,24,26). The number of rotatable bonds is 4. The molecule has 146 valence electrons. The maximum absolute atomic E-state index is 12.8. The normalized spacial score (nSPS) is 14.1. The molecule has 4 rings (SSSR count). The summed E-state index contributed by atoms with van der Waals surface area (Å²) in [6.07, 6.45) is 0. The number of carbonyl (C=O) groups excluding carboxylic acids is 3. The monoisotopic (exact) mass is 425 g/mol. The molecule has 3 amide bonds. The Morgan fingerprint density at radius 1 is 1.14 bits per heavy atom. The molecule has 1 N–H and O–H groups in total. The molecule has 0 spiro atoms. The van der Waals surface area contributed by atoms with Crippen LogP contribution in [0.2, 0.25) is 5.02 Å². The molecule has 0 saturated heterocycles. The molecule has 3 aromatic rings. The third kappa shape index (κ3) is 3.43. The summed E-state index contributed by atoms with van der Waals surface area (Å²) in [6.45, 7) is 1.70. The van der Waals surface area contributed by atoms with E-state index in [1.54, 1.807) is 37.3 Å². The number of imide groups is 1. The molecule has 29 heavy (non-hydrogen) atoms. The van der Waals surface area contributed by atoms with E-state index in [4.69, 9.17) is 11.6 Å². The van der Waals surface area contributed by atoms with Gasteiger partial charge in [-0.25, -0.2) is 4.98 Å². The van der Waals surface area contributed by atoms with E-state index in [1.165, 1.54) is 18.4 Å². The number of aromatic nitrogens is 1. The topological polar surface area (TPSA) is 79.4 Å². The first-order valence-corrected chi connectivity index (χ1v) is 10.1. The number of benzene rings is 2. The van der Waals surface area contributed by atoms with Crippen LogP contribution in [0.1, 0.15) is 39.1 Å². The van der Waals surface area contributed by atoms with Crippen molar-refractivity contribution in [2.24, 2.45) is 0 Å². The number of anilines is 1. The maximum Gasteiger partial charge on any atom is 0.261 e. The number of nitrogens with zero attached hydrogens (tertiary/aromatic N) is 2. The number of halogens is 1. The number of thiazole rings is 1. The summed E-state index contributed by atoms with van der Waals surface area (Å²) < 4.78 is 0. The second-order valence-electron chi connectivity index (χ2n) is 6.69. The van der Waals surface area contributed by atoms with Gasteiger partial charge in [0, 0.05) is 23.0 Å². The minimum Gasteiger partial charge on any atom is -0.301 e. The smallest absolute Gasteiger partial charge is 0.261 e. The lowest BCUT2D eigenvalue weighted by molar-refractivity contribution is -0.117. The van der Waals surface area contributed by atoms with E-state index in [1.807, 2.05) is 17.5 Å². The van der Waals surface area contributed by atoms with Crippen molar-refractivity contribution in [2.75, 3.05) is 12.4 Å². The summed E-state index contributed by atoms with van der Waals surface area (Å²) in [7, 11) is 1.44. The lowest BCUT2D eigenvalue weighted by Crippen LogP contribution is -2.25. The molecule has 0 saturated carbocycles. The lowest BCUT2D eigenvalue weighted by atomic mass is 9.92. The zero-order valence-corrected chi connectivity index (χ0v) is 17.2. The summed E-state index contributed by atoms with van der Waals surface area (Å²) in [6, 6.07) is 12.3. The van der Waals surface area contributed by atoms with Gasteiger partial charge in [0.25, 0.3) is 11.8 Å². The number of hydrogen-bond acceptors (Lipinski definition) is 5. The third-order valence-electron chi connectivity index (χ3n) is 4.88. The molecular weight excluding hydrogens is 410 g/mol. The fourth-order valence-electron chi connectivity index (χ4n) is 3.23. The Bertz CT molecular complexity index is 1140. The second-order valence-corrected chi connectivity index (χ2v) is 7.99. The lowest BCUT2D eigenvalue weighted by Gasteiger charge is -2.14. The van der Waals surface area contributed by atoms with Crippen molar-refractivity contribution in [1.29, 1.82) is 0 Å². The number of hydrogen-bond donors (Lipinski definition) is 1. The van der Waals surface area contributed by atoms with Gasteiger partial charge in [-0.2, -0.15) is 0 Å². The van der Waals surface area contributed by atoms with Crippen molar-refractivity contribution in [3.05, 3.63) is 69.6 Å². The molecule has 1 aliphatic rings. The van der Waals surface area contributed by atoms with Gasteiger partial charge in [-0.3, -0.25) is 19.3 Å². The van der Waals surface area contributed by atoms with Crippen LogP contribution < -0.4 is 5.32 Å². The van der Waals surface area contributed by atoms with E-state index in [0.717, 1.165) is 16.2 Å². The minimum absolute atomic E-state index is 0.295. The van der Waals surface area contributed by atoms with Crippen LogP contribution in [0.25, 0.3) is 11.3 Å². The van der Waals surface area contributed by atoms with Crippen LogP contribution in [0, 0.1) is 0 Å². The van der Waals surface area contributed by atoms with Crippen molar-refractivity contribution in [3.63, 3.8) is 0 Å². The van der Waals surface area contributed by atoms with E-state index in [-0.39, 0.29) is 17.7 Å². The Labute approximate surface area is 176 Å². The van der Waals surface area contributed by atoms with Crippen molar-refractivity contribution >= 4 is 45.8 Å². The van der Waals surface area contributed by atoms with E-state index >= 15 is 0 Å². The number of fused-ring (bicyclic) bond motifs is 1. The Hall–Kier alpha value is -3.03. The molecule has 0 fully saturated rings. The van der Waals surface area contributed by atoms with Gasteiger partial charge in [-0.1, -0.05) is 35.9 Å². The van der Waals surface area contributed by atoms with Crippen LogP contribution in [0.15, 0.2) is 47.8 Å². The number of nitrogens with one attached hydrogen (secondary N) is 1. The van der Waals surface area contributed by atoms with Gasteiger partial charge in [0.05, 0.1) is 22.7 Å². The summed E-state index contributed by atoms with van der Waals surface area (Å²) in [4.78, 5) is 43.0. The Morgan fingerprint density at radius 2 is 1.86 bits per heavy atom. The fraction of sp³-hybridized carbons (Fsp3) is 0.143. The first kappa shape index (κ1) is 19.3. The molecule has 8 heteroatoms. The fourth-order valence-corrected chi connectivity index (χ4v) is 4.08.